The average molecular weight is 462 g/mol. The number of amides is 2. The molecule has 2 aromatic carbocycles. The summed E-state index contributed by atoms with van der Waals surface area (Å²) < 4.78 is 15.3. The number of hydrogen-bond acceptors (Lipinski definition) is 3. The molecule has 176 valence electrons. The maximum Gasteiger partial charge on any atom is 0.263 e. The lowest BCUT2D eigenvalue weighted by atomic mass is 9.95. The van der Waals surface area contributed by atoms with E-state index in [4.69, 9.17) is 0 Å². The van der Waals surface area contributed by atoms with Crippen LogP contribution in [0.2, 0.25) is 0 Å². The molecule has 2 heterocycles. The Balaban J connectivity index is 1.30. The molecule has 7 heteroatoms. The summed E-state index contributed by atoms with van der Waals surface area (Å²) in [6.45, 7) is 1.59. The standard InChI is InChI=1S/C27H28FN3O3/c28-24-11-5-4-9-21(24)12-15-29-25(32)22-13-17-30(18-14-22)26(33)23-10-6-16-31(27(23)34)19-20-7-2-1-3-8-20/h1-11,16,22H,12-15,17-19H2,(H,29,32). The largest absolute Gasteiger partial charge is 0.356 e. The van der Waals surface area contributed by atoms with Crippen molar-refractivity contribution in [1.29, 1.82) is 0 Å². The van der Waals surface area contributed by atoms with Crippen molar-refractivity contribution >= 4 is 11.8 Å². The van der Waals surface area contributed by atoms with Crippen molar-refractivity contribution in [3.8, 4) is 0 Å². The monoisotopic (exact) mass is 461 g/mol. The highest BCUT2D eigenvalue weighted by atomic mass is 19.1. The minimum atomic E-state index is -0.315. The highest BCUT2D eigenvalue weighted by molar-refractivity contribution is 5.94. The molecule has 3 aromatic rings. The van der Waals surface area contributed by atoms with Crippen molar-refractivity contribution < 1.29 is 14.0 Å². The van der Waals surface area contributed by atoms with Gasteiger partial charge in [0.25, 0.3) is 11.5 Å². The number of piperidine rings is 1. The molecule has 1 aliphatic rings. The summed E-state index contributed by atoms with van der Waals surface area (Å²) in [6.07, 6.45) is 3.17. The van der Waals surface area contributed by atoms with Crippen LogP contribution >= 0.6 is 0 Å². The van der Waals surface area contributed by atoms with E-state index >= 15 is 0 Å². The first-order valence-corrected chi connectivity index (χ1v) is 11.6. The van der Waals surface area contributed by atoms with E-state index < -0.39 is 0 Å². The Labute approximate surface area is 198 Å². The summed E-state index contributed by atoms with van der Waals surface area (Å²) in [5.74, 6) is -0.846. The molecule has 1 fully saturated rings. The topological polar surface area (TPSA) is 71.4 Å². The average Bonchev–Trinajstić information content (AvgIpc) is 2.87. The Morgan fingerprint density at radius 3 is 2.38 bits per heavy atom. The van der Waals surface area contributed by atoms with Crippen LogP contribution in [0.1, 0.15) is 34.3 Å². The summed E-state index contributed by atoms with van der Waals surface area (Å²) in [6, 6.07) is 19.4. The molecule has 2 amide bonds. The van der Waals surface area contributed by atoms with Gasteiger partial charge in [0.1, 0.15) is 11.4 Å². The molecule has 1 N–H and O–H groups in total. The van der Waals surface area contributed by atoms with Crippen LogP contribution < -0.4 is 10.9 Å². The lowest BCUT2D eigenvalue weighted by Gasteiger charge is -2.31. The molecule has 0 atom stereocenters. The van der Waals surface area contributed by atoms with Crippen molar-refractivity contribution in [2.24, 2.45) is 5.92 Å². The number of halogens is 1. The van der Waals surface area contributed by atoms with E-state index in [0.717, 1.165) is 5.56 Å². The third-order valence-corrected chi connectivity index (χ3v) is 6.25. The molecule has 0 spiro atoms. The Hall–Kier alpha value is -3.74. The minimum Gasteiger partial charge on any atom is -0.356 e. The second kappa shape index (κ2) is 10.9. The molecule has 0 unspecified atom stereocenters. The highest BCUT2D eigenvalue weighted by Crippen LogP contribution is 2.19. The molecule has 0 saturated carbocycles. The first kappa shape index (κ1) is 23.4. The van der Waals surface area contributed by atoms with E-state index in [0.29, 0.717) is 51.0 Å². The molecule has 4 rings (SSSR count). The lowest BCUT2D eigenvalue weighted by molar-refractivity contribution is -0.126. The number of hydrogen-bond donors (Lipinski definition) is 1. The zero-order valence-corrected chi connectivity index (χ0v) is 19.0. The van der Waals surface area contributed by atoms with Crippen LogP contribution in [0.25, 0.3) is 0 Å². The minimum absolute atomic E-state index is 0.0756. The molecular formula is C27H28FN3O3. The fourth-order valence-corrected chi connectivity index (χ4v) is 4.29. The van der Waals surface area contributed by atoms with Gasteiger partial charge in [0.05, 0.1) is 6.54 Å². The third kappa shape index (κ3) is 5.60. The molecule has 0 aliphatic carbocycles. The Kier molecular flexibility index (Phi) is 7.52. The van der Waals surface area contributed by atoms with Gasteiger partial charge in [-0.05, 0) is 48.6 Å². The van der Waals surface area contributed by atoms with Crippen LogP contribution in [-0.4, -0.2) is 40.9 Å². The number of carbonyl (C=O) groups is 2. The van der Waals surface area contributed by atoms with Gasteiger partial charge in [-0.1, -0.05) is 48.5 Å². The van der Waals surface area contributed by atoms with Crippen LogP contribution in [0.15, 0.2) is 77.7 Å². The SMILES string of the molecule is O=C(NCCc1ccccc1F)C1CCN(C(=O)c2cccn(Cc3ccccc3)c2=O)CC1. The number of nitrogens with zero attached hydrogens (tertiary/aromatic N) is 2. The van der Waals surface area contributed by atoms with E-state index in [2.05, 4.69) is 5.32 Å². The summed E-state index contributed by atoms with van der Waals surface area (Å²) in [5, 5.41) is 2.88. The van der Waals surface area contributed by atoms with Gasteiger partial charge >= 0.3 is 0 Å². The predicted octanol–water partition coefficient (Wildman–Crippen LogP) is 3.25. The Morgan fingerprint density at radius 1 is 0.941 bits per heavy atom. The van der Waals surface area contributed by atoms with E-state index in [1.165, 1.54) is 6.07 Å². The van der Waals surface area contributed by atoms with Crippen LogP contribution in [-0.2, 0) is 17.8 Å². The van der Waals surface area contributed by atoms with Gasteiger partial charge in [0, 0.05) is 31.7 Å². The van der Waals surface area contributed by atoms with Gasteiger partial charge < -0.3 is 14.8 Å². The van der Waals surface area contributed by atoms with Crippen molar-refractivity contribution in [3.63, 3.8) is 0 Å². The smallest absolute Gasteiger partial charge is 0.263 e. The molecular weight excluding hydrogens is 433 g/mol. The van der Waals surface area contributed by atoms with Gasteiger partial charge in [0.2, 0.25) is 5.91 Å². The zero-order chi connectivity index (χ0) is 23.9. The quantitative estimate of drug-likeness (QED) is 0.587. The molecule has 1 saturated heterocycles. The number of rotatable bonds is 7. The molecule has 0 radical (unpaired) electrons. The lowest BCUT2D eigenvalue weighted by Crippen LogP contribution is -2.44. The summed E-state index contributed by atoms with van der Waals surface area (Å²) >= 11 is 0. The van der Waals surface area contributed by atoms with Crippen molar-refractivity contribution in [2.75, 3.05) is 19.6 Å². The van der Waals surface area contributed by atoms with E-state index in [1.807, 2.05) is 30.3 Å². The normalized spacial score (nSPS) is 14.1. The number of likely N-dealkylation sites (tertiary alicyclic amines) is 1. The van der Waals surface area contributed by atoms with Crippen molar-refractivity contribution in [2.45, 2.75) is 25.8 Å². The number of carbonyl (C=O) groups excluding carboxylic acids is 2. The highest BCUT2D eigenvalue weighted by Gasteiger charge is 2.28. The van der Waals surface area contributed by atoms with E-state index in [1.54, 1.807) is 46.0 Å². The second-order valence-electron chi connectivity index (χ2n) is 8.54. The second-order valence-corrected chi connectivity index (χ2v) is 8.54. The number of aromatic nitrogens is 1. The predicted molar refractivity (Wildman–Crippen MR) is 128 cm³/mol. The van der Waals surface area contributed by atoms with Gasteiger partial charge in [0.15, 0.2) is 0 Å². The van der Waals surface area contributed by atoms with Crippen molar-refractivity contribution in [3.05, 3.63) is 106 Å². The maximum atomic E-state index is 13.7. The fourth-order valence-electron chi connectivity index (χ4n) is 4.29. The van der Waals surface area contributed by atoms with E-state index in [9.17, 15) is 18.8 Å². The van der Waals surface area contributed by atoms with Gasteiger partial charge in [-0.2, -0.15) is 0 Å². The first-order valence-electron chi connectivity index (χ1n) is 11.6. The first-order chi connectivity index (χ1) is 16.5. The van der Waals surface area contributed by atoms with E-state index in [-0.39, 0.29) is 34.7 Å². The summed E-state index contributed by atoms with van der Waals surface area (Å²) in [4.78, 5) is 40.1. The van der Waals surface area contributed by atoms with Crippen LogP contribution in [0.5, 0.6) is 0 Å². The number of pyridine rings is 1. The van der Waals surface area contributed by atoms with Crippen LogP contribution in [0.3, 0.4) is 0 Å². The Morgan fingerprint density at radius 2 is 1.65 bits per heavy atom. The fraction of sp³-hybridized carbons (Fsp3) is 0.296. The van der Waals surface area contributed by atoms with Gasteiger partial charge in [-0.15, -0.1) is 0 Å². The van der Waals surface area contributed by atoms with Crippen molar-refractivity contribution in [1.82, 2.24) is 14.8 Å². The molecule has 34 heavy (non-hydrogen) atoms. The van der Waals surface area contributed by atoms with Gasteiger partial charge in [-0.25, -0.2) is 4.39 Å². The zero-order valence-electron chi connectivity index (χ0n) is 19.0. The number of benzene rings is 2. The summed E-state index contributed by atoms with van der Waals surface area (Å²) in [7, 11) is 0. The Bertz CT molecular complexity index is 1200. The molecule has 6 nitrogen and oxygen atoms in total. The molecule has 0 bridgehead atoms. The van der Waals surface area contributed by atoms with Crippen LogP contribution in [0, 0.1) is 11.7 Å². The summed E-state index contributed by atoms with van der Waals surface area (Å²) in [5.41, 5.74) is 1.38. The molecule has 1 aliphatic heterocycles. The van der Waals surface area contributed by atoms with Gasteiger partial charge in [-0.3, -0.25) is 14.4 Å². The maximum absolute atomic E-state index is 13.7. The molecule has 1 aromatic heterocycles. The third-order valence-electron chi connectivity index (χ3n) is 6.25. The number of nitrogens with one attached hydrogen (secondary N) is 1. The van der Waals surface area contributed by atoms with Crippen LogP contribution in [0.4, 0.5) is 4.39 Å².